The van der Waals surface area contributed by atoms with Crippen molar-refractivity contribution in [2.24, 2.45) is 0 Å². The van der Waals surface area contributed by atoms with Crippen molar-refractivity contribution in [3.63, 3.8) is 0 Å². The molecule has 0 aliphatic carbocycles. The summed E-state index contributed by atoms with van der Waals surface area (Å²) in [4.78, 5) is 22.3. The van der Waals surface area contributed by atoms with Crippen LogP contribution in [0.3, 0.4) is 0 Å². The first-order chi connectivity index (χ1) is 11.0. The van der Waals surface area contributed by atoms with Gasteiger partial charge in [0.05, 0.1) is 4.92 Å². The molecule has 1 amide bonds. The molecule has 0 fully saturated rings. The lowest BCUT2D eigenvalue weighted by Gasteiger charge is -2.12. The lowest BCUT2D eigenvalue weighted by atomic mass is 10.1. The number of benzene rings is 2. The van der Waals surface area contributed by atoms with Crippen molar-refractivity contribution in [1.82, 2.24) is 0 Å². The molecule has 0 bridgehead atoms. The van der Waals surface area contributed by atoms with Gasteiger partial charge in [-0.15, -0.1) is 0 Å². The third-order valence-electron chi connectivity index (χ3n) is 3.68. The Kier molecular flexibility index (Phi) is 5.43. The van der Waals surface area contributed by atoms with Gasteiger partial charge in [-0.25, -0.2) is 0 Å². The SMILES string of the molecule is Cc1cc([N+](=O)[O-])ccc1NC(=O)C[NH2+][C@H](C)c1ccccc1. The maximum atomic E-state index is 12.0. The van der Waals surface area contributed by atoms with E-state index in [0.29, 0.717) is 11.3 Å². The van der Waals surface area contributed by atoms with Crippen molar-refractivity contribution in [2.45, 2.75) is 19.9 Å². The minimum atomic E-state index is -0.450. The summed E-state index contributed by atoms with van der Waals surface area (Å²) in [6.07, 6.45) is 0. The highest BCUT2D eigenvalue weighted by atomic mass is 16.6. The number of quaternary nitrogens is 1. The van der Waals surface area contributed by atoms with Crippen LogP contribution in [0.4, 0.5) is 11.4 Å². The summed E-state index contributed by atoms with van der Waals surface area (Å²) < 4.78 is 0. The van der Waals surface area contributed by atoms with E-state index in [1.54, 1.807) is 13.0 Å². The molecule has 0 saturated carbocycles. The quantitative estimate of drug-likeness (QED) is 0.632. The number of hydrogen-bond donors (Lipinski definition) is 2. The van der Waals surface area contributed by atoms with Crippen LogP contribution < -0.4 is 10.6 Å². The third-order valence-corrected chi connectivity index (χ3v) is 3.68. The fourth-order valence-electron chi connectivity index (χ4n) is 2.28. The van der Waals surface area contributed by atoms with Crippen LogP contribution in [0.25, 0.3) is 0 Å². The molecule has 0 aromatic heterocycles. The summed E-state index contributed by atoms with van der Waals surface area (Å²) in [6.45, 7) is 4.06. The van der Waals surface area contributed by atoms with E-state index in [1.807, 2.05) is 42.6 Å². The van der Waals surface area contributed by atoms with Gasteiger partial charge in [-0.05, 0) is 25.5 Å². The van der Waals surface area contributed by atoms with Gasteiger partial charge in [0.1, 0.15) is 6.04 Å². The molecule has 3 N–H and O–H groups in total. The van der Waals surface area contributed by atoms with E-state index >= 15 is 0 Å². The highest BCUT2D eigenvalue weighted by molar-refractivity contribution is 5.92. The van der Waals surface area contributed by atoms with E-state index in [1.165, 1.54) is 12.1 Å². The van der Waals surface area contributed by atoms with Gasteiger partial charge >= 0.3 is 0 Å². The molecule has 0 radical (unpaired) electrons. The number of amides is 1. The third kappa shape index (κ3) is 4.62. The van der Waals surface area contributed by atoms with Crippen molar-refractivity contribution in [3.8, 4) is 0 Å². The first-order valence-electron chi connectivity index (χ1n) is 7.40. The molecule has 6 heteroatoms. The molecule has 1 atom stereocenters. The zero-order valence-electron chi connectivity index (χ0n) is 13.2. The second-order valence-electron chi connectivity index (χ2n) is 5.44. The average molecular weight is 314 g/mol. The number of rotatable bonds is 6. The van der Waals surface area contributed by atoms with E-state index in [4.69, 9.17) is 0 Å². The summed E-state index contributed by atoms with van der Waals surface area (Å²) in [6, 6.07) is 14.5. The molecular formula is C17H20N3O3+. The minimum absolute atomic E-state index is 0.0183. The average Bonchev–Trinajstić information content (AvgIpc) is 2.55. The molecule has 2 rings (SSSR count). The van der Waals surface area contributed by atoms with Crippen LogP contribution in [0.1, 0.15) is 24.1 Å². The number of carbonyl (C=O) groups excluding carboxylic acids is 1. The first kappa shape index (κ1) is 16.6. The highest BCUT2D eigenvalue weighted by Crippen LogP contribution is 2.20. The molecule has 6 nitrogen and oxygen atoms in total. The number of nitrogens with two attached hydrogens (primary N) is 1. The van der Waals surface area contributed by atoms with E-state index < -0.39 is 4.92 Å². The molecule has 0 spiro atoms. The Morgan fingerprint density at radius 3 is 2.57 bits per heavy atom. The molecule has 0 aliphatic rings. The molecule has 23 heavy (non-hydrogen) atoms. The van der Waals surface area contributed by atoms with Crippen LogP contribution in [0.5, 0.6) is 0 Å². The molecular weight excluding hydrogens is 294 g/mol. The van der Waals surface area contributed by atoms with Crippen LogP contribution in [-0.2, 0) is 4.79 Å². The normalized spacial score (nSPS) is 11.7. The zero-order valence-corrected chi connectivity index (χ0v) is 13.2. The number of carbonyl (C=O) groups is 1. The highest BCUT2D eigenvalue weighted by Gasteiger charge is 2.13. The smallest absolute Gasteiger partial charge is 0.279 e. The van der Waals surface area contributed by atoms with Gasteiger partial charge in [-0.1, -0.05) is 30.3 Å². The maximum Gasteiger partial charge on any atom is 0.279 e. The predicted molar refractivity (Wildman–Crippen MR) is 88.1 cm³/mol. The molecule has 0 heterocycles. The Labute approximate surface area is 134 Å². The summed E-state index contributed by atoms with van der Waals surface area (Å²) in [7, 11) is 0. The zero-order chi connectivity index (χ0) is 16.8. The Hall–Kier alpha value is -2.73. The molecule has 2 aromatic rings. The topological polar surface area (TPSA) is 88.9 Å². The van der Waals surface area contributed by atoms with E-state index in [-0.39, 0.29) is 24.2 Å². The van der Waals surface area contributed by atoms with Crippen LogP contribution in [-0.4, -0.2) is 17.4 Å². The van der Waals surface area contributed by atoms with Gasteiger partial charge in [0, 0.05) is 23.4 Å². The number of nitrogens with one attached hydrogen (secondary N) is 1. The summed E-state index contributed by atoms with van der Waals surface area (Å²) in [5, 5.41) is 15.5. The lowest BCUT2D eigenvalue weighted by Crippen LogP contribution is -2.86. The number of anilines is 1. The number of hydrogen-bond acceptors (Lipinski definition) is 3. The van der Waals surface area contributed by atoms with Crippen molar-refractivity contribution in [3.05, 3.63) is 69.8 Å². The molecule has 0 unspecified atom stereocenters. The van der Waals surface area contributed by atoms with E-state index in [9.17, 15) is 14.9 Å². The monoisotopic (exact) mass is 314 g/mol. The lowest BCUT2D eigenvalue weighted by molar-refractivity contribution is -0.682. The Balaban J connectivity index is 1.91. The van der Waals surface area contributed by atoms with Crippen LogP contribution in [0.15, 0.2) is 48.5 Å². The van der Waals surface area contributed by atoms with Gasteiger partial charge in [-0.3, -0.25) is 14.9 Å². The second-order valence-corrected chi connectivity index (χ2v) is 5.44. The van der Waals surface area contributed by atoms with E-state index in [0.717, 1.165) is 5.56 Å². The molecule has 0 saturated heterocycles. The minimum Gasteiger partial charge on any atom is -0.333 e. The summed E-state index contributed by atoms with van der Waals surface area (Å²) in [5.74, 6) is -0.135. The summed E-state index contributed by atoms with van der Waals surface area (Å²) >= 11 is 0. The van der Waals surface area contributed by atoms with Crippen molar-refractivity contribution >= 4 is 17.3 Å². The van der Waals surface area contributed by atoms with E-state index in [2.05, 4.69) is 5.32 Å². The first-order valence-corrected chi connectivity index (χ1v) is 7.40. The number of nitro benzene ring substituents is 1. The summed E-state index contributed by atoms with van der Waals surface area (Å²) in [5.41, 5.74) is 2.45. The fraction of sp³-hybridized carbons (Fsp3) is 0.235. The fourth-order valence-corrected chi connectivity index (χ4v) is 2.28. The molecule has 2 aromatic carbocycles. The van der Waals surface area contributed by atoms with Gasteiger partial charge in [-0.2, -0.15) is 0 Å². The van der Waals surface area contributed by atoms with Crippen molar-refractivity contribution in [2.75, 3.05) is 11.9 Å². The number of non-ortho nitro benzene ring substituents is 1. The van der Waals surface area contributed by atoms with Gasteiger partial charge in [0.25, 0.3) is 11.6 Å². The number of nitrogens with zero attached hydrogens (tertiary/aromatic N) is 1. The Morgan fingerprint density at radius 1 is 1.26 bits per heavy atom. The van der Waals surface area contributed by atoms with Crippen LogP contribution in [0.2, 0.25) is 0 Å². The predicted octanol–water partition coefficient (Wildman–Crippen LogP) is 2.17. The Bertz CT molecular complexity index is 701. The van der Waals surface area contributed by atoms with Gasteiger partial charge < -0.3 is 10.6 Å². The Morgan fingerprint density at radius 2 is 1.96 bits per heavy atom. The largest absolute Gasteiger partial charge is 0.333 e. The van der Waals surface area contributed by atoms with Crippen molar-refractivity contribution in [1.29, 1.82) is 0 Å². The van der Waals surface area contributed by atoms with Crippen molar-refractivity contribution < 1.29 is 15.0 Å². The second kappa shape index (κ2) is 7.51. The maximum absolute atomic E-state index is 12.0. The van der Waals surface area contributed by atoms with Crippen LogP contribution in [0, 0.1) is 17.0 Å². The molecule has 0 aliphatic heterocycles. The van der Waals surface area contributed by atoms with Gasteiger partial charge in [0.15, 0.2) is 6.54 Å². The number of aryl methyl sites for hydroxylation is 1. The molecule has 120 valence electrons. The number of nitro groups is 1. The van der Waals surface area contributed by atoms with Gasteiger partial charge in [0.2, 0.25) is 0 Å². The standard InChI is InChI=1S/C17H19N3O3/c1-12-10-15(20(22)23)8-9-16(12)19-17(21)11-18-13(2)14-6-4-3-5-7-14/h3-10,13,18H,11H2,1-2H3,(H,19,21)/p+1/t13-/m1/s1. The van der Waals surface area contributed by atoms with Crippen LogP contribution >= 0.6 is 0 Å².